The smallest absolute Gasteiger partial charge is 0.0131 e. The Labute approximate surface area is 120 Å². The predicted octanol–water partition coefficient (Wildman–Crippen LogP) is 3.51. The van der Waals surface area contributed by atoms with E-state index in [9.17, 15) is 0 Å². The molecule has 2 unspecified atom stereocenters. The minimum absolute atomic E-state index is 0.346. The van der Waals surface area contributed by atoms with Gasteiger partial charge in [0.15, 0.2) is 0 Å². The van der Waals surface area contributed by atoms with Gasteiger partial charge in [-0.3, -0.25) is 0 Å². The van der Waals surface area contributed by atoms with Crippen molar-refractivity contribution in [2.45, 2.75) is 65.8 Å². The molecule has 0 amide bonds. The Bertz CT molecular complexity index is 277. The fourth-order valence-electron chi connectivity index (χ4n) is 4.14. The van der Waals surface area contributed by atoms with Crippen LogP contribution in [0.15, 0.2) is 0 Å². The number of rotatable bonds is 3. The van der Waals surface area contributed by atoms with E-state index < -0.39 is 0 Å². The number of piperidine rings is 1. The molecule has 0 radical (unpaired) electrons. The minimum atomic E-state index is 0.346. The molecule has 2 aliphatic rings. The average Bonchev–Trinajstić information content (AvgIpc) is 2.35. The highest BCUT2D eigenvalue weighted by atomic mass is 15.1. The SMILES string of the molecule is CC(C)C1CCN(CC2CCCC(C)(C)C2N)CC1. The number of hydrogen-bond acceptors (Lipinski definition) is 2. The minimum Gasteiger partial charge on any atom is -0.327 e. The van der Waals surface area contributed by atoms with Crippen molar-refractivity contribution in [3.8, 4) is 0 Å². The van der Waals surface area contributed by atoms with E-state index in [-0.39, 0.29) is 0 Å². The van der Waals surface area contributed by atoms with Crippen molar-refractivity contribution in [2.75, 3.05) is 19.6 Å². The van der Waals surface area contributed by atoms with Crippen LogP contribution in [0.5, 0.6) is 0 Å². The Kier molecular flexibility index (Phi) is 4.94. The third-order valence-electron chi connectivity index (χ3n) is 5.87. The largest absolute Gasteiger partial charge is 0.327 e. The van der Waals surface area contributed by atoms with Crippen LogP contribution in [0, 0.1) is 23.2 Å². The maximum absolute atomic E-state index is 6.52. The van der Waals surface area contributed by atoms with Crippen LogP contribution < -0.4 is 5.73 Å². The molecule has 2 nitrogen and oxygen atoms in total. The zero-order chi connectivity index (χ0) is 14.0. The van der Waals surface area contributed by atoms with Gasteiger partial charge >= 0.3 is 0 Å². The molecule has 1 saturated heterocycles. The van der Waals surface area contributed by atoms with E-state index in [1.165, 1.54) is 51.7 Å². The molecule has 2 heteroatoms. The Morgan fingerprint density at radius 3 is 2.37 bits per heavy atom. The molecule has 2 fully saturated rings. The molecule has 1 saturated carbocycles. The highest BCUT2D eigenvalue weighted by Gasteiger charge is 2.37. The molecule has 112 valence electrons. The lowest BCUT2D eigenvalue weighted by Crippen LogP contribution is -2.51. The summed E-state index contributed by atoms with van der Waals surface area (Å²) in [5.41, 5.74) is 6.87. The summed E-state index contributed by atoms with van der Waals surface area (Å²) in [6.07, 6.45) is 6.80. The Morgan fingerprint density at radius 1 is 1.16 bits per heavy atom. The molecule has 19 heavy (non-hydrogen) atoms. The highest BCUT2D eigenvalue weighted by molar-refractivity contribution is 4.92. The molecule has 0 aromatic rings. The van der Waals surface area contributed by atoms with E-state index in [0.29, 0.717) is 11.5 Å². The predicted molar refractivity (Wildman–Crippen MR) is 83.1 cm³/mol. The molecule has 0 spiro atoms. The monoisotopic (exact) mass is 266 g/mol. The quantitative estimate of drug-likeness (QED) is 0.847. The zero-order valence-electron chi connectivity index (χ0n) is 13.5. The molecular formula is C17H34N2. The van der Waals surface area contributed by atoms with Gasteiger partial charge in [0.2, 0.25) is 0 Å². The Morgan fingerprint density at radius 2 is 1.79 bits per heavy atom. The Balaban J connectivity index is 1.82. The number of nitrogens with zero attached hydrogens (tertiary/aromatic N) is 1. The summed E-state index contributed by atoms with van der Waals surface area (Å²) in [4.78, 5) is 2.69. The third kappa shape index (κ3) is 3.72. The fraction of sp³-hybridized carbons (Fsp3) is 1.00. The first-order chi connectivity index (χ1) is 8.90. The lowest BCUT2D eigenvalue weighted by molar-refractivity contribution is 0.0798. The second-order valence-corrected chi connectivity index (χ2v) is 8.05. The van der Waals surface area contributed by atoms with Gasteiger partial charge in [0.05, 0.1) is 0 Å². The van der Waals surface area contributed by atoms with E-state index >= 15 is 0 Å². The summed E-state index contributed by atoms with van der Waals surface area (Å²) in [6, 6.07) is 0.393. The van der Waals surface area contributed by atoms with Gasteiger partial charge in [0.25, 0.3) is 0 Å². The van der Waals surface area contributed by atoms with Crippen molar-refractivity contribution in [1.29, 1.82) is 0 Å². The summed E-state index contributed by atoms with van der Waals surface area (Å²) in [5.74, 6) is 2.53. The van der Waals surface area contributed by atoms with Gasteiger partial charge in [-0.1, -0.05) is 34.1 Å². The second kappa shape index (κ2) is 6.13. The maximum atomic E-state index is 6.52. The van der Waals surface area contributed by atoms with Crippen molar-refractivity contribution < 1.29 is 0 Å². The Hall–Kier alpha value is -0.0800. The first-order valence-corrected chi connectivity index (χ1v) is 8.38. The molecule has 2 N–H and O–H groups in total. The summed E-state index contributed by atoms with van der Waals surface area (Å²) in [6.45, 7) is 13.3. The number of nitrogens with two attached hydrogens (primary N) is 1. The van der Waals surface area contributed by atoms with Crippen LogP contribution in [0.1, 0.15) is 59.8 Å². The van der Waals surface area contributed by atoms with E-state index in [2.05, 4.69) is 32.6 Å². The topological polar surface area (TPSA) is 29.3 Å². The van der Waals surface area contributed by atoms with Crippen molar-refractivity contribution in [1.82, 2.24) is 4.90 Å². The maximum Gasteiger partial charge on any atom is 0.0131 e. The van der Waals surface area contributed by atoms with Gasteiger partial charge in [0.1, 0.15) is 0 Å². The molecular weight excluding hydrogens is 232 g/mol. The van der Waals surface area contributed by atoms with Gasteiger partial charge in [-0.2, -0.15) is 0 Å². The van der Waals surface area contributed by atoms with Crippen LogP contribution in [0.4, 0.5) is 0 Å². The lowest BCUT2D eigenvalue weighted by atomic mass is 9.68. The molecule has 0 aromatic carbocycles. The second-order valence-electron chi connectivity index (χ2n) is 8.05. The van der Waals surface area contributed by atoms with Crippen LogP contribution in [0.25, 0.3) is 0 Å². The van der Waals surface area contributed by atoms with Crippen LogP contribution in [0.3, 0.4) is 0 Å². The summed E-state index contributed by atoms with van der Waals surface area (Å²) >= 11 is 0. The van der Waals surface area contributed by atoms with E-state index in [1.807, 2.05) is 0 Å². The van der Waals surface area contributed by atoms with Gasteiger partial charge in [0, 0.05) is 12.6 Å². The fourth-order valence-corrected chi connectivity index (χ4v) is 4.14. The van der Waals surface area contributed by atoms with Gasteiger partial charge < -0.3 is 10.6 Å². The van der Waals surface area contributed by atoms with Crippen LogP contribution >= 0.6 is 0 Å². The molecule has 1 aliphatic carbocycles. The first kappa shape index (κ1) is 15.3. The summed E-state index contributed by atoms with van der Waals surface area (Å²) in [5, 5.41) is 0. The van der Waals surface area contributed by atoms with Gasteiger partial charge in [-0.25, -0.2) is 0 Å². The average molecular weight is 266 g/mol. The van der Waals surface area contributed by atoms with Crippen molar-refractivity contribution >= 4 is 0 Å². The molecule has 0 bridgehead atoms. The number of hydrogen-bond donors (Lipinski definition) is 1. The van der Waals surface area contributed by atoms with Gasteiger partial charge in [-0.05, 0) is 61.9 Å². The summed E-state index contributed by atoms with van der Waals surface area (Å²) in [7, 11) is 0. The zero-order valence-corrected chi connectivity index (χ0v) is 13.5. The van der Waals surface area contributed by atoms with E-state index in [0.717, 1.165) is 17.8 Å². The van der Waals surface area contributed by atoms with E-state index in [4.69, 9.17) is 5.73 Å². The normalized spacial score (nSPS) is 33.8. The molecule has 2 atom stereocenters. The first-order valence-electron chi connectivity index (χ1n) is 8.38. The summed E-state index contributed by atoms with van der Waals surface area (Å²) < 4.78 is 0. The molecule has 1 aliphatic heterocycles. The van der Waals surface area contributed by atoms with Crippen LogP contribution in [0.2, 0.25) is 0 Å². The molecule has 1 heterocycles. The van der Waals surface area contributed by atoms with Gasteiger partial charge in [-0.15, -0.1) is 0 Å². The lowest BCUT2D eigenvalue weighted by Gasteiger charge is -2.44. The highest BCUT2D eigenvalue weighted by Crippen LogP contribution is 2.38. The van der Waals surface area contributed by atoms with Crippen molar-refractivity contribution in [2.24, 2.45) is 28.9 Å². The van der Waals surface area contributed by atoms with E-state index in [1.54, 1.807) is 0 Å². The van der Waals surface area contributed by atoms with Crippen LogP contribution in [-0.2, 0) is 0 Å². The van der Waals surface area contributed by atoms with Crippen LogP contribution in [-0.4, -0.2) is 30.6 Å². The number of likely N-dealkylation sites (tertiary alicyclic amines) is 1. The standard InChI is InChI=1S/C17H34N2/c1-13(2)14-7-10-19(11-8-14)12-15-6-5-9-17(3,4)16(15)18/h13-16H,5-12,18H2,1-4H3. The molecule has 2 rings (SSSR count). The molecule has 0 aromatic heterocycles. The van der Waals surface area contributed by atoms with Crippen molar-refractivity contribution in [3.63, 3.8) is 0 Å². The third-order valence-corrected chi connectivity index (χ3v) is 5.87. The van der Waals surface area contributed by atoms with Crippen molar-refractivity contribution in [3.05, 3.63) is 0 Å².